The summed E-state index contributed by atoms with van der Waals surface area (Å²) in [6, 6.07) is 14.2. The van der Waals surface area contributed by atoms with E-state index in [1.165, 1.54) is 14.2 Å². The van der Waals surface area contributed by atoms with Crippen molar-refractivity contribution in [2.24, 2.45) is 11.8 Å². The Labute approximate surface area is 330 Å². The van der Waals surface area contributed by atoms with Gasteiger partial charge in [0.05, 0.1) is 50.1 Å². The number of amides is 4. The van der Waals surface area contributed by atoms with Gasteiger partial charge in [0, 0.05) is 29.6 Å². The third-order valence-electron chi connectivity index (χ3n) is 11.0. The van der Waals surface area contributed by atoms with Crippen LogP contribution in [0, 0.1) is 11.8 Å². The first-order valence-electron chi connectivity index (χ1n) is 19.5. The van der Waals surface area contributed by atoms with Crippen molar-refractivity contribution in [3.8, 4) is 33.8 Å². The average molecular weight is 779 g/mol. The number of ether oxygens (including phenoxy) is 2. The standard InChI is InChI=1S/C42H50N8O7/c1-23(2)35(47-41(53)55-5)39(51)49-17-7-9-31(49)37-43-21-29(45-37)25-11-13-26(14-12-25)34-20-28-19-27(15-16-33(28)57-34)30-22-44-38(46-30)32-10-8-18-50(32)40(52)36(24(3)4)48-42(54)56-6/h11-16,19-24,31-32,35-36H,7-10,17-18H2,1-6H3,(H,43,45)(H,44,46)(H,47,53)(H,48,54)/t31-,32-,35-,36+/m0/s1. The highest BCUT2D eigenvalue weighted by Crippen LogP contribution is 2.36. The van der Waals surface area contributed by atoms with Gasteiger partial charge in [-0.1, -0.05) is 52.0 Å². The molecule has 15 nitrogen and oxygen atoms in total. The van der Waals surface area contributed by atoms with Crippen LogP contribution in [0.15, 0.2) is 65.3 Å². The smallest absolute Gasteiger partial charge is 0.407 e. The van der Waals surface area contributed by atoms with Crippen LogP contribution in [0.2, 0.25) is 0 Å². The van der Waals surface area contributed by atoms with Gasteiger partial charge in [-0.15, -0.1) is 0 Å². The second-order valence-corrected chi connectivity index (χ2v) is 15.4. The van der Waals surface area contributed by atoms with Gasteiger partial charge in [0.1, 0.15) is 35.1 Å². The number of fused-ring (bicyclic) bond motifs is 1. The van der Waals surface area contributed by atoms with E-state index in [4.69, 9.17) is 13.9 Å². The lowest BCUT2D eigenvalue weighted by atomic mass is 10.0. The summed E-state index contributed by atoms with van der Waals surface area (Å²) >= 11 is 0. The number of rotatable bonds is 11. The first-order valence-corrected chi connectivity index (χ1v) is 19.5. The van der Waals surface area contributed by atoms with E-state index in [1.807, 2.05) is 70.2 Å². The van der Waals surface area contributed by atoms with Crippen molar-refractivity contribution < 1.29 is 33.1 Å². The number of alkyl carbamates (subject to hydrolysis) is 2. The Kier molecular flexibility index (Phi) is 11.4. The molecule has 0 saturated carbocycles. The number of H-pyrrole nitrogens is 2. The molecule has 0 radical (unpaired) electrons. The van der Waals surface area contributed by atoms with Crippen LogP contribution in [-0.2, 0) is 19.1 Å². The van der Waals surface area contributed by atoms with Crippen molar-refractivity contribution in [2.75, 3.05) is 27.3 Å². The maximum atomic E-state index is 13.6. The number of aromatic nitrogens is 4. The summed E-state index contributed by atoms with van der Waals surface area (Å²) in [5.41, 5.74) is 5.20. The topological polar surface area (TPSA) is 188 Å². The molecular weight excluding hydrogens is 729 g/mol. The van der Waals surface area contributed by atoms with Gasteiger partial charge in [-0.2, -0.15) is 0 Å². The number of hydrogen-bond donors (Lipinski definition) is 4. The highest BCUT2D eigenvalue weighted by molar-refractivity contribution is 5.88. The van der Waals surface area contributed by atoms with Gasteiger partial charge in [0.15, 0.2) is 0 Å². The summed E-state index contributed by atoms with van der Waals surface area (Å²) in [4.78, 5) is 70.9. The summed E-state index contributed by atoms with van der Waals surface area (Å²) in [6.45, 7) is 8.75. The number of likely N-dealkylation sites (tertiary alicyclic amines) is 2. The van der Waals surface area contributed by atoms with Gasteiger partial charge in [-0.3, -0.25) is 9.59 Å². The van der Waals surface area contributed by atoms with Crippen LogP contribution in [0.3, 0.4) is 0 Å². The number of nitrogens with one attached hydrogen (secondary N) is 4. The molecule has 2 aliphatic rings. The van der Waals surface area contributed by atoms with Crippen molar-refractivity contribution in [1.82, 2.24) is 40.4 Å². The molecule has 0 spiro atoms. The van der Waals surface area contributed by atoms with Gasteiger partial charge in [0.25, 0.3) is 0 Å². The molecule has 4 N–H and O–H groups in total. The number of benzene rings is 2. The maximum Gasteiger partial charge on any atom is 0.407 e. The first kappa shape index (κ1) is 39.1. The second kappa shape index (κ2) is 16.5. The minimum Gasteiger partial charge on any atom is -0.456 e. The van der Waals surface area contributed by atoms with Gasteiger partial charge < -0.3 is 44.3 Å². The second-order valence-electron chi connectivity index (χ2n) is 15.4. The van der Waals surface area contributed by atoms with Crippen molar-refractivity contribution in [3.63, 3.8) is 0 Å². The van der Waals surface area contributed by atoms with E-state index >= 15 is 0 Å². The van der Waals surface area contributed by atoms with Gasteiger partial charge in [-0.25, -0.2) is 19.6 Å². The predicted molar refractivity (Wildman–Crippen MR) is 213 cm³/mol. The van der Waals surface area contributed by atoms with Crippen molar-refractivity contribution in [2.45, 2.75) is 77.5 Å². The molecule has 57 heavy (non-hydrogen) atoms. The molecular formula is C42H50N8O7. The fraction of sp³-hybridized carbons (Fsp3) is 0.429. The van der Waals surface area contributed by atoms with E-state index in [-0.39, 0.29) is 35.7 Å². The largest absolute Gasteiger partial charge is 0.456 e. The summed E-state index contributed by atoms with van der Waals surface area (Å²) in [5.74, 6) is 1.61. The van der Waals surface area contributed by atoms with E-state index in [0.717, 1.165) is 70.5 Å². The molecule has 5 heterocycles. The molecule has 0 aliphatic carbocycles. The van der Waals surface area contributed by atoms with Crippen LogP contribution in [-0.4, -0.2) is 93.1 Å². The molecule has 2 saturated heterocycles. The minimum absolute atomic E-state index is 0.113. The van der Waals surface area contributed by atoms with Crippen LogP contribution in [0.4, 0.5) is 9.59 Å². The summed E-state index contributed by atoms with van der Waals surface area (Å²) in [7, 11) is 2.57. The average Bonchev–Trinajstić information content (AvgIpc) is 4.06. The minimum atomic E-state index is -0.700. The molecule has 5 aromatic rings. The zero-order chi connectivity index (χ0) is 40.4. The summed E-state index contributed by atoms with van der Waals surface area (Å²) < 4.78 is 15.8. The molecule has 2 fully saturated rings. The molecule has 4 atom stereocenters. The van der Waals surface area contributed by atoms with Gasteiger partial charge in [-0.05, 0) is 67.3 Å². The van der Waals surface area contributed by atoms with Crippen LogP contribution >= 0.6 is 0 Å². The lowest BCUT2D eigenvalue weighted by Gasteiger charge is -2.30. The number of nitrogens with zero attached hydrogens (tertiary/aromatic N) is 4. The predicted octanol–water partition coefficient (Wildman–Crippen LogP) is 6.97. The van der Waals surface area contributed by atoms with Crippen LogP contribution in [0.1, 0.15) is 77.1 Å². The normalized spacial score (nSPS) is 18.0. The number of aromatic amines is 2. The van der Waals surface area contributed by atoms with Crippen LogP contribution in [0.5, 0.6) is 0 Å². The highest BCUT2D eigenvalue weighted by Gasteiger charge is 2.39. The highest BCUT2D eigenvalue weighted by atomic mass is 16.5. The number of furan rings is 1. The monoisotopic (exact) mass is 778 g/mol. The van der Waals surface area contributed by atoms with Crippen molar-refractivity contribution in [3.05, 3.63) is 72.6 Å². The van der Waals surface area contributed by atoms with E-state index in [9.17, 15) is 19.2 Å². The van der Waals surface area contributed by atoms with E-state index in [1.54, 1.807) is 22.2 Å². The SMILES string of the molecule is COC(=O)N[C@H](C(=O)N1CCC[C@H]1c1ncc(-c2ccc(-c3cc4cc(-c5cnc([C@@H]6CCCN6C(=O)[C@H](NC(=O)OC)C(C)C)[nH]5)ccc4o3)cc2)[nH]1)C(C)C. The zero-order valence-corrected chi connectivity index (χ0v) is 33.1. The lowest BCUT2D eigenvalue weighted by Crippen LogP contribution is -2.51. The quantitative estimate of drug-likeness (QED) is 0.110. The molecule has 2 aliphatic heterocycles. The Hall–Kier alpha value is -6.12. The molecule has 7 rings (SSSR count). The Morgan fingerprint density at radius 3 is 1.67 bits per heavy atom. The molecule has 2 aromatic carbocycles. The van der Waals surface area contributed by atoms with E-state index < -0.39 is 24.3 Å². The number of hydrogen-bond acceptors (Lipinski definition) is 9. The zero-order valence-electron chi connectivity index (χ0n) is 33.1. The number of carbonyl (C=O) groups excluding carboxylic acids is 4. The third kappa shape index (κ3) is 8.09. The Bertz CT molecular complexity index is 2240. The number of imidazole rings is 2. The molecule has 3 aromatic heterocycles. The number of carbonyl (C=O) groups is 4. The Balaban J connectivity index is 1.03. The van der Waals surface area contributed by atoms with E-state index in [2.05, 4.69) is 36.6 Å². The van der Waals surface area contributed by atoms with Gasteiger partial charge in [0.2, 0.25) is 11.8 Å². The van der Waals surface area contributed by atoms with E-state index in [0.29, 0.717) is 24.7 Å². The Morgan fingerprint density at radius 1 is 0.702 bits per heavy atom. The molecule has 4 amide bonds. The van der Waals surface area contributed by atoms with Crippen molar-refractivity contribution >= 4 is 35.0 Å². The summed E-state index contributed by atoms with van der Waals surface area (Å²) in [5, 5.41) is 6.32. The lowest BCUT2D eigenvalue weighted by molar-refractivity contribution is -0.136. The molecule has 15 heteroatoms. The van der Waals surface area contributed by atoms with Gasteiger partial charge >= 0.3 is 12.2 Å². The summed E-state index contributed by atoms with van der Waals surface area (Å²) in [6.07, 6.45) is 5.53. The third-order valence-corrected chi connectivity index (χ3v) is 11.0. The first-order chi connectivity index (χ1) is 27.4. The Morgan fingerprint density at radius 2 is 1.18 bits per heavy atom. The fourth-order valence-corrected chi connectivity index (χ4v) is 7.86. The van der Waals surface area contributed by atoms with Crippen LogP contribution < -0.4 is 10.6 Å². The number of methoxy groups -OCH3 is 2. The molecule has 0 unspecified atom stereocenters. The maximum absolute atomic E-state index is 13.6. The molecule has 300 valence electrons. The molecule has 0 bridgehead atoms. The van der Waals surface area contributed by atoms with Crippen molar-refractivity contribution in [1.29, 1.82) is 0 Å². The van der Waals surface area contributed by atoms with Crippen LogP contribution in [0.25, 0.3) is 44.8 Å². The fourth-order valence-electron chi connectivity index (χ4n) is 7.86.